The molecule has 2 amide bonds. The first-order valence-corrected chi connectivity index (χ1v) is 6.60. The summed E-state index contributed by atoms with van der Waals surface area (Å²) in [5, 5.41) is 11.5. The standard InChI is InChI=1S/C7H15N2O5P/c1-3-9(12)7(11)4-8-6(10)5-15(2,13)14/h12H,3-5H2,1-2H3,(H,8,10)(H,13,14). The second-order valence-electron chi connectivity index (χ2n) is 3.10. The van der Waals surface area contributed by atoms with Gasteiger partial charge in [0.1, 0.15) is 6.16 Å². The zero-order valence-electron chi connectivity index (χ0n) is 8.63. The Bertz CT molecular complexity index is 287. The second-order valence-corrected chi connectivity index (χ2v) is 5.51. The summed E-state index contributed by atoms with van der Waals surface area (Å²) >= 11 is 0. The van der Waals surface area contributed by atoms with Crippen molar-refractivity contribution in [2.75, 3.05) is 25.9 Å². The van der Waals surface area contributed by atoms with Crippen LogP contribution in [0.1, 0.15) is 6.92 Å². The maximum Gasteiger partial charge on any atom is 0.265 e. The van der Waals surface area contributed by atoms with Crippen molar-refractivity contribution in [1.82, 2.24) is 10.4 Å². The minimum atomic E-state index is -3.41. The van der Waals surface area contributed by atoms with E-state index in [1.165, 1.54) is 0 Å². The smallest absolute Gasteiger partial charge is 0.265 e. The highest BCUT2D eigenvalue weighted by Crippen LogP contribution is 2.33. The quantitative estimate of drug-likeness (QED) is 0.331. The number of nitrogens with zero attached hydrogens (tertiary/aromatic N) is 1. The van der Waals surface area contributed by atoms with Crippen LogP contribution in [0.25, 0.3) is 0 Å². The molecule has 0 spiro atoms. The van der Waals surface area contributed by atoms with Gasteiger partial charge in [0.25, 0.3) is 5.91 Å². The maximum atomic E-state index is 11.0. The van der Waals surface area contributed by atoms with Crippen molar-refractivity contribution in [3.8, 4) is 0 Å². The lowest BCUT2D eigenvalue weighted by atomic mass is 10.5. The number of carbonyl (C=O) groups excluding carboxylic acids is 2. The molecule has 0 aromatic rings. The van der Waals surface area contributed by atoms with E-state index in [-0.39, 0.29) is 13.1 Å². The van der Waals surface area contributed by atoms with Crippen LogP contribution in [0, 0.1) is 0 Å². The molecule has 15 heavy (non-hydrogen) atoms. The van der Waals surface area contributed by atoms with Gasteiger partial charge in [-0.05, 0) is 6.92 Å². The topological polar surface area (TPSA) is 107 Å². The van der Waals surface area contributed by atoms with Gasteiger partial charge in [-0.3, -0.25) is 19.4 Å². The predicted molar refractivity (Wildman–Crippen MR) is 52.8 cm³/mol. The Hall–Kier alpha value is -0.910. The van der Waals surface area contributed by atoms with Gasteiger partial charge >= 0.3 is 0 Å². The van der Waals surface area contributed by atoms with Crippen molar-refractivity contribution in [3.05, 3.63) is 0 Å². The van der Waals surface area contributed by atoms with Crippen LogP contribution in [0.4, 0.5) is 0 Å². The lowest BCUT2D eigenvalue weighted by molar-refractivity contribution is -0.163. The van der Waals surface area contributed by atoms with Crippen LogP contribution in [-0.2, 0) is 14.2 Å². The fraction of sp³-hybridized carbons (Fsp3) is 0.714. The van der Waals surface area contributed by atoms with Gasteiger partial charge in [-0.1, -0.05) is 0 Å². The van der Waals surface area contributed by atoms with Crippen LogP contribution < -0.4 is 5.32 Å². The molecular weight excluding hydrogens is 223 g/mol. The van der Waals surface area contributed by atoms with E-state index in [9.17, 15) is 14.2 Å². The average Bonchev–Trinajstić information content (AvgIpc) is 2.10. The summed E-state index contributed by atoms with van der Waals surface area (Å²) in [4.78, 5) is 30.8. The number of hydroxylamine groups is 2. The van der Waals surface area contributed by atoms with Gasteiger partial charge < -0.3 is 10.2 Å². The van der Waals surface area contributed by atoms with Crippen molar-refractivity contribution in [2.45, 2.75) is 6.92 Å². The molecule has 0 rings (SSSR count). The zero-order valence-corrected chi connectivity index (χ0v) is 9.53. The molecule has 0 aromatic carbocycles. The third-order valence-electron chi connectivity index (χ3n) is 1.46. The highest BCUT2D eigenvalue weighted by Gasteiger charge is 2.17. The maximum absolute atomic E-state index is 11.0. The molecule has 7 nitrogen and oxygen atoms in total. The second kappa shape index (κ2) is 5.85. The molecule has 0 aliphatic heterocycles. The summed E-state index contributed by atoms with van der Waals surface area (Å²) in [5.74, 6) is -1.36. The first-order chi connectivity index (χ1) is 6.76. The summed E-state index contributed by atoms with van der Waals surface area (Å²) in [6.45, 7) is 2.34. The summed E-state index contributed by atoms with van der Waals surface area (Å²) in [5.41, 5.74) is 0. The number of likely N-dealkylation sites (N-methyl/N-ethyl adjacent to an activating group) is 1. The van der Waals surface area contributed by atoms with E-state index in [0.717, 1.165) is 6.66 Å². The summed E-state index contributed by atoms with van der Waals surface area (Å²) in [6.07, 6.45) is -0.530. The molecule has 0 fully saturated rings. The fourth-order valence-corrected chi connectivity index (χ4v) is 1.41. The number of nitrogens with one attached hydrogen (secondary N) is 1. The normalized spacial score (nSPS) is 14.1. The molecule has 0 saturated heterocycles. The highest BCUT2D eigenvalue weighted by molar-refractivity contribution is 7.58. The van der Waals surface area contributed by atoms with Crippen molar-refractivity contribution in [1.29, 1.82) is 0 Å². The van der Waals surface area contributed by atoms with Crippen LogP contribution in [-0.4, -0.2) is 52.9 Å². The van der Waals surface area contributed by atoms with Gasteiger partial charge in [-0.2, -0.15) is 0 Å². The molecule has 0 aliphatic carbocycles. The minimum absolute atomic E-state index is 0.112. The van der Waals surface area contributed by atoms with Crippen LogP contribution >= 0.6 is 7.37 Å². The Balaban J connectivity index is 3.92. The van der Waals surface area contributed by atoms with E-state index >= 15 is 0 Å². The first kappa shape index (κ1) is 14.1. The zero-order chi connectivity index (χ0) is 12.1. The molecule has 1 unspecified atom stereocenters. The molecule has 0 aliphatic rings. The molecule has 0 heterocycles. The lowest BCUT2D eigenvalue weighted by Crippen LogP contribution is -2.39. The lowest BCUT2D eigenvalue weighted by Gasteiger charge is -2.12. The van der Waals surface area contributed by atoms with E-state index < -0.39 is 25.3 Å². The summed E-state index contributed by atoms with van der Waals surface area (Å²) < 4.78 is 10.8. The van der Waals surface area contributed by atoms with E-state index in [1.807, 2.05) is 0 Å². The van der Waals surface area contributed by atoms with Gasteiger partial charge in [0.2, 0.25) is 13.3 Å². The number of amides is 2. The van der Waals surface area contributed by atoms with E-state index in [0.29, 0.717) is 5.06 Å². The van der Waals surface area contributed by atoms with Crippen molar-refractivity contribution >= 4 is 19.2 Å². The Morgan fingerprint density at radius 3 is 2.40 bits per heavy atom. The van der Waals surface area contributed by atoms with Crippen molar-refractivity contribution in [2.24, 2.45) is 0 Å². The van der Waals surface area contributed by atoms with E-state index in [4.69, 9.17) is 10.1 Å². The molecule has 0 radical (unpaired) electrons. The van der Waals surface area contributed by atoms with Crippen LogP contribution in [0.15, 0.2) is 0 Å². The van der Waals surface area contributed by atoms with Crippen molar-refractivity contribution in [3.63, 3.8) is 0 Å². The molecular formula is C7H15N2O5P. The van der Waals surface area contributed by atoms with E-state index in [1.54, 1.807) is 6.92 Å². The Kier molecular flexibility index (Phi) is 5.49. The van der Waals surface area contributed by atoms with Gasteiger partial charge in [-0.25, -0.2) is 5.06 Å². The Morgan fingerprint density at radius 1 is 1.47 bits per heavy atom. The monoisotopic (exact) mass is 238 g/mol. The number of carbonyl (C=O) groups is 2. The van der Waals surface area contributed by atoms with E-state index in [2.05, 4.69) is 5.32 Å². The largest absolute Gasteiger partial charge is 0.346 e. The molecule has 88 valence electrons. The first-order valence-electron chi connectivity index (χ1n) is 4.31. The fourth-order valence-electron chi connectivity index (χ4n) is 0.764. The summed E-state index contributed by atoms with van der Waals surface area (Å²) in [7, 11) is -3.41. The minimum Gasteiger partial charge on any atom is -0.346 e. The number of hydrogen-bond donors (Lipinski definition) is 3. The molecule has 0 saturated carbocycles. The summed E-state index contributed by atoms with van der Waals surface area (Å²) in [6, 6.07) is 0. The van der Waals surface area contributed by atoms with Gasteiger partial charge in [-0.15, -0.1) is 0 Å². The van der Waals surface area contributed by atoms with Gasteiger partial charge in [0.15, 0.2) is 0 Å². The van der Waals surface area contributed by atoms with Crippen LogP contribution in [0.2, 0.25) is 0 Å². The molecule has 0 bridgehead atoms. The molecule has 0 aromatic heterocycles. The van der Waals surface area contributed by atoms with Crippen LogP contribution in [0.3, 0.4) is 0 Å². The third-order valence-corrected chi connectivity index (χ3v) is 2.34. The highest BCUT2D eigenvalue weighted by atomic mass is 31.2. The Labute approximate surface area is 87.5 Å². The average molecular weight is 238 g/mol. The number of hydrogen-bond acceptors (Lipinski definition) is 4. The van der Waals surface area contributed by atoms with Gasteiger partial charge in [0.05, 0.1) is 6.54 Å². The third kappa shape index (κ3) is 7.07. The number of rotatable bonds is 5. The van der Waals surface area contributed by atoms with Gasteiger partial charge in [0, 0.05) is 13.2 Å². The Morgan fingerprint density at radius 2 is 2.00 bits per heavy atom. The predicted octanol–water partition coefficient (Wildman–Crippen LogP) is -0.759. The molecule has 3 N–H and O–H groups in total. The van der Waals surface area contributed by atoms with Crippen LogP contribution in [0.5, 0.6) is 0 Å². The SMILES string of the molecule is CCN(O)C(=O)CNC(=O)CP(C)(=O)O. The molecule has 8 heteroatoms. The molecule has 1 atom stereocenters. The van der Waals surface area contributed by atoms with Crippen molar-refractivity contribution < 1.29 is 24.3 Å².